The molecule has 0 aliphatic carbocycles. The summed E-state index contributed by atoms with van der Waals surface area (Å²) in [6.07, 6.45) is 3.13. The zero-order valence-electron chi connectivity index (χ0n) is 23.2. The molecular formula is C38H26N4O. The minimum absolute atomic E-state index is 0.207. The fourth-order valence-electron chi connectivity index (χ4n) is 6.68. The summed E-state index contributed by atoms with van der Waals surface area (Å²) < 4.78 is 6.19. The van der Waals surface area contributed by atoms with Crippen LogP contribution >= 0.6 is 0 Å². The fourth-order valence-corrected chi connectivity index (χ4v) is 6.68. The third-order valence-electron chi connectivity index (χ3n) is 8.63. The molecule has 43 heavy (non-hydrogen) atoms. The zero-order chi connectivity index (χ0) is 28.3. The maximum Gasteiger partial charge on any atom is 0.153 e. The monoisotopic (exact) mass is 554 g/mol. The first kappa shape index (κ1) is 24.1. The summed E-state index contributed by atoms with van der Waals surface area (Å²) in [5, 5.41) is 17.2. The van der Waals surface area contributed by atoms with Gasteiger partial charge in [-0.3, -0.25) is 10.3 Å². The van der Waals surface area contributed by atoms with Crippen molar-refractivity contribution < 1.29 is 4.42 Å². The van der Waals surface area contributed by atoms with E-state index in [2.05, 4.69) is 113 Å². The van der Waals surface area contributed by atoms with Gasteiger partial charge in [-0.1, -0.05) is 103 Å². The Bertz CT molecular complexity index is 2360. The fraction of sp³-hybridized carbons (Fsp3) is 0.0526. The average Bonchev–Trinajstić information content (AvgIpc) is 3.47. The van der Waals surface area contributed by atoms with Crippen LogP contribution in [0.3, 0.4) is 0 Å². The Kier molecular flexibility index (Phi) is 5.33. The van der Waals surface area contributed by atoms with Crippen LogP contribution in [0.1, 0.15) is 29.0 Å². The van der Waals surface area contributed by atoms with Gasteiger partial charge in [0.05, 0.1) is 6.20 Å². The molecule has 5 heteroatoms. The van der Waals surface area contributed by atoms with E-state index in [1.54, 1.807) is 6.20 Å². The number of hydrogen-bond donors (Lipinski definition) is 2. The van der Waals surface area contributed by atoms with Crippen LogP contribution in [0.5, 0.6) is 0 Å². The van der Waals surface area contributed by atoms with Gasteiger partial charge in [0.25, 0.3) is 0 Å². The van der Waals surface area contributed by atoms with Crippen molar-refractivity contribution in [1.29, 1.82) is 0 Å². The number of fused-ring (bicyclic) bond motifs is 8. The van der Waals surface area contributed by atoms with Crippen LogP contribution in [0, 0.1) is 0 Å². The molecule has 0 saturated heterocycles. The smallest absolute Gasteiger partial charge is 0.153 e. The SMILES string of the molecule is c1ccc(C2N=C(c3cccc4oc5cnccc5c34)NC(c3cc4ccccc4c4c3ccc3ccccc34)N2)cc1. The van der Waals surface area contributed by atoms with Gasteiger partial charge in [-0.05, 0) is 61.6 Å². The normalized spacial score (nSPS) is 17.1. The highest BCUT2D eigenvalue weighted by Gasteiger charge is 2.28. The van der Waals surface area contributed by atoms with Crippen molar-refractivity contribution in [2.24, 2.45) is 4.99 Å². The molecule has 2 atom stereocenters. The van der Waals surface area contributed by atoms with Crippen LogP contribution in [0.25, 0.3) is 54.3 Å². The number of nitrogens with one attached hydrogen (secondary N) is 2. The summed E-state index contributed by atoms with van der Waals surface area (Å²) in [5.74, 6) is 0.824. The van der Waals surface area contributed by atoms with Crippen LogP contribution in [0.2, 0.25) is 0 Å². The Morgan fingerprint density at radius 1 is 0.605 bits per heavy atom. The maximum absolute atomic E-state index is 6.19. The molecule has 0 amide bonds. The summed E-state index contributed by atoms with van der Waals surface area (Å²) in [5.41, 5.74) is 4.88. The third kappa shape index (κ3) is 3.83. The molecule has 6 aromatic carbocycles. The number of aromatic nitrogens is 1. The number of benzene rings is 6. The van der Waals surface area contributed by atoms with Crippen LogP contribution in [0.15, 0.2) is 143 Å². The van der Waals surface area contributed by atoms with Crippen molar-refractivity contribution in [3.8, 4) is 0 Å². The van der Waals surface area contributed by atoms with Crippen LogP contribution in [-0.4, -0.2) is 10.8 Å². The second-order valence-corrected chi connectivity index (χ2v) is 11.1. The molecule has 9 rings (SSSR count). The number of nitrogens with zero attached hydrogens (tertiary/aromatic N) is 2. The molecule has 0 spiro atoms. The third-order valence-corrected chi connectivity index (χ3v) is 8.63. The van der Waals surface area contributed by atoms with Gasteiger partial charge in [0.1, 0.15) is 23.8 Å². The molecule has 0 saturated carbocycles. The predicted molar refractivity (Wildman–Crippen MR) is 175 cm³/mol. The van der Waals surface area contributed by atoms with Gasteiger partial charge in [0.15, 0.2) is 5.58 Å². The molecule has 1 aliphatic heterocycles. The highest BCUT2D eigenvalue weighted by molar-refractivity contribution is 6.22. The van der Waals surface area contributed by atoms with E-state index in [4.69, 9.17) is 9.41 Å². The van der Waals surface area contributed by atoms with E-state index in [9.17, 15) is 0 Å². The Hall–Kier alpha value is -5.52. The van der Waals surface area contributed by atoms with E-state index < -0.39 is 0 Å². The highest BCUT2D eigenvalue weighted by Crippen LogP contribution is 2.39. The lowest BCUT2D eigenvalue weighted by Gasteiger charge is -2.33. The van der Waals surface area contributed by atoms with Gasteiger partial charge in [0.2, 0.25) is 0 Å². The van der Waals surface area contributed by atoms with E-state index in [1.165, 1.54) is 37.9 Å². The second kappa shape index (κ2) is 9.51. The van der Waals surface area contributed by atoms with Crippen molar-refractivity contribution in [2.45, 2.75) is 12.3 Å². The number of amidine groups is 1. The van der Waals surface area contributed by atoms with Gasteiger partial charge in [-0.2, -0.15) is 0 Å². The molecule has 5 nitrogen and oxygen atoms in total. The average molecular weight is 555 g/mol. The van der Waals surface area contributed by atoms with Gasteiger partial charge in [0, 0.05) is 22.5 Å². The number of furan rings is 1. The van der Waals surface area contributed by atoms with Gasteiger partial charge >= 0.3 is 0 Å². The summed E-state index contributed by atoms with van der Waals surface area (Å²) >= 11 is 0. The van der Waals surface area contributed by atoms with Crippen LogP contribution < -0.4 is 10.6 Å². The molecule has 204 valence electrons. The minimum Gasteiger partial charge on any atom is -0.454 e. The summed E-state index contributed by atoms with van der Waals surface area (Å²) in [6.45, 7) is 0. The van der Waals surface area contributed by atoms with Crippen molar-refractivity contribution in [2.75, 3.05) is 0 Å². The van der Waals surface area contributed by atoms with Crippen molar-refractivity contribution in [1.82, 2.24) is 15.6 Å². The van der Waals surface area contributed by atoms with E-state index in [0.29, 0.717) is 0 Å². The highest BCUT2D eigenvalue weighted by atomic mass is 16.3. The Morgan fingerprint density at radius 2 is 1.40 bits per heavy atom. The number of rotatable bonds is 3. The lowest BCUT2D eigenvalue weighted by molar-refractivity contribution is 0.411. The molecule has 2 unspecified atom stereocenters. The Morgan fingerprint density at radius 3 is 2.28 bits per heavy atom. The minimum atomic E-state index is -0.250. The first-order valence-electron chi connectivity index (χ1n) is 14.6. The predicted octanol–water partition coefficient (Wildman–Crippen LogP) is 8.78. The molecule has 8 aromatic rings. The van der Waals surface area contributed by atoms with E-state index in [-0.39, 0.29) is 12.3 Å². The van der Waals surface area contributed by atoms with E-state index in [1.807, 2.05) is 30.5 Å². The molecule has 0 radical (unpaired) electrons. The molecule has 0 bridgehead atoms. The zero-order valence-corrected chi connectivity index (χ0v) is 23.2. The molecule has 1 aliphatic rings. The van der Waals surface area contributed by atoms with Crippen LogP contribution in [0.4, 0.5) is 0 Å². The standard InChI is InChI=1S/C38H26N4O/c1-2-10-24(11-3-1)36-40-37(30-15-8-16-32-35(30)29-19-20-39-22-33(29)43-32)42-38(41-36)31-21-25-12-5-7-14-27(25)34-26-13-6-4-9-23(26)17-18-28(31)34/h1-22,36,38,41H,(H,40,42). The summed E-state index contributed by atoms with van der Waals surface area (Å²) in [4.78, 5) is 9.54. The van der Waals surface area contributed by atoms with Crippen LogP contribution in [-0.2, 0) is 0 Å². The number of hydrogen-bond acceptors (Lipinski definition) is 5. The van der Waals surface area contributed by atoms with E-state index >= 15 is 0 Å². The topological polar surface area (TPSA) is 62.5 Å². The largest absolute Gasteiger partial charge is 0.454 e. The summed E-state index contributed by atoms with van der Waals surface area (Å²) in [7, 11) is 0. The summed E-state index contributed by atoms with van der Waals surface area (Å²) in [6, 6.07) is 42.8. The number of aliphatic imine (C=N–C) groups is 1. The van der Waals surface area contributed by atoms with Gasteiger partial charge < -0.3 is 9.73 Å². The van der Waals surface area contributed by atoms with Crippen molar-refractivity contribution in [3.05, 3.63) is 150 Å². The first-order chi connectivity index (χ1) is 21.3. The second-order valence-electron chi connectivity index (χ2n) is 11.1. The molecule has 2 aromatic heterocycles. The molecule has 3 heterocycles. The van der Waals surface area contributed by atoms with Crippen molar-refractivity contribution >= 4 is 60.1 Å². The maximum atomic E-state index is 6.19. The quantitative estimate of drug-likeness (QED) is 0.214. The Balaban J connectivity index is 1.29. The van der Waals surface area contributed by atoms with E-state index in [0.717, 1.165) is 38.9 Å². The first-order valence-corrected chi connectivity index (χ1v) is 14.6. The van der Waals surface area contributed by atoms with Crippen molar-refractivity contribution in [3.63, 3.8) is 0 Å². The molecule has 2 N–H and O–H groups in total. The molecular weight excluding hydrogens is 528 g/mol. The van der Waals surface area contributed by atoms with Gasteiger partial charge in [-0.25, -0.2) is 4.99 Å². The lowest BCUT2D eigenvalue weighted by atomic mass is 9.91. The van der Waals surface area contributed by atoms with Gasteiger partial charge in [-0.15, -0.1) is 0 Å². The molecule has 0 fully saturated rings. The lowest BCUT2D eigenvalue weighted by Crippen LogP contribution is -2.45. The number of pyridine rings is 1. The Labute approximate surface area is 247 Å².